The molecular formula is C16H17FN2O2. The van der Waals surface area contributed by atoms with Gasteiger partial charge in [0.1, 0.15) is 5.82 Å². The van der Waals surface area contributed by atoms with Crippen LogP contribution in [-0.2, 0) is 0 Å². The average molecular weight is 288 g/mol. The van der Waals surface area contributed by atoms with Gasteiger partial charge in [0.25, 0.3) is 5.91 Å². The van der Waals surface area contributed by atoms with Crippen LogP contribution in [0.15, 0.2) is 24.3 Å². The van der Waals surface area contributed by atoms with Gasteiger partial charge in [-0.15, -0.1) is 0 Å². The van der Waals surface area contributed by atoms with E-state index >= 15 is 0 Å². The highest BCUT2D eigenvalue weighted by Gasteiger charge is 2.29. The zero-order chi connectivity index (χ0) is 15.0. The van der Waals surface area contributed by atoms with Gasteiger partial charge in [-0.1, -0.05) is 0 Å². The number of carbonyl (C=O) groups excluding carboxylic acids is 1. The van der Waals surface area contributed by atoms with E-state index in [9.17, 15) is 14.3 Å². The van der Waals surface area contributed by atoms with E-state index in [0.717, 1.165) is 18.2 Å². The van der Waals surface area contributed by atoms with Crippen molar-refractivity contribution in [2.45, 2.75) is 25.8 Å². The van der Waals surface area contributed by atoms with E-state index in [1.165, 1.54) is 12.1 Å². The Morgan fingerprint density at radius 1 is 1.48 bits per heavy atom. The van der Waals surface area contributed by atoms with Crippen molar-refractivity contribution in [2.75, 3.05) is 13.2 Å². The number of likely N-dealkylation sites (tertiary alicyclic amines) is 1. The van der Waals surface area contributed by atoms with Gasteiger partial charge in [0.05, 0.1) is 29.4 Å². The van der Waals surface area contributed by atoms with Crippen molar-refractivity contribution < 1.29 is 14.3 Å². The van der Waals surface area contributed by atoms with Crippen molar-refractivity contribution in [3.63, 3.8) is 0 Å². The van der Waals surface area contributed by atoms with Crippen LogP contribution in [0.5, 0.6) is 0 Å². The van der Waals surface area contributed by atoms with Gasteiger partial charge in [-0.2, -0.15) is 0 Å². The molecule has 0 saturated carbocycles. The van der Waals surface area contributed by atoms with Gasteiger partial charge in [-0.25, -0.2) is 4.39 Å². The van der Waals surface area contributed by atoms with Crippen LogP contribution in [0.25, 0.3) is 10.9 Å². The van der Waals surface area contributed by atoms with Crippen molar-refractivity contribution in [3.8, 4) is 0 Å². The van der Waals surface area contributed by atoms with E-state index in [-0.39, 0.29) is 24.4 Å². The third-order valence-corrected chi connectivity index (χ3v) is 4.05. The SMILES string of the molecule is Cc1nc2cc(F)ccc2cc1C(=O)N1CCC[C@@H]1CO. The first kappa shape index (κ1) is 13.9. The molecule has 21 heavy (non-hydrogen) atoms. The summed E-state index contributed by atoms with van der Waals surface area (Å²) in [6.07, 6.45) is 1.73. The Bertz CT molecular complexity index is 702. The average Bonchev–Trinajstić information content (AvgIpc) is 2.94. The third kappa shape index (κ3) is 2.49. The number of amides is 1. The quantitative estimate of drug-likeness (QED) is 0.922. The predicted molar refractivity (Wildman–Crippen MR) is 77.6 cm³/mol. The Kier molecular flexibility index (Phi) is 3.59. The van der Waals surface area contributed by atoms with E-state index in [1.807, 2.05) is 0 Å². The summed E-state index contributed by atoms with van der Waals surface area (Å²) < 4.78 is 13.2. The van der Waals surface area contributed by atoms with Crippen molar-refractivity contribution in [1.82, 2.24) is 9.88 Å². The van der Waals surface area contributed by atoms with Crippen LogP contribution >= 0.6 is 0 Å². The van der Waals surface area contributed by atoms with Gasteiger partial charge in [-0.05, 0) is 38.0 Å². The molecule has 0 spiro atoms. The molecule has 1 aromatic heterocycles. The van der Waals surface area contributed by atoms with Crippen LogP contribution in [0.4, 0.5) is 4.39 Å². The highest BCUT2D eigenvalue weighted by molar-refractivity contribution is 5.99. The highest BCUT2D eigenvalue weighted by Crippen LogP contribution is 2.23. The fraction of sp³-hybridized carbons (Fsp3) is 0.375. The number of hydrogen-bond donors (Lipinski definition) is 1. The smallest absolute Gasteiger partial charge is 0.256 e. The van der Waals surface area contributed by atoms with Gasteiger partial charge in [0, 0.05) is 18.0 Å². The molecule has 1 aliphatic rings. The number of nitrogens with zero attached hydrogens (tertiary/aromatic N) is 2. The van der Waals surface area contributed by atoms with Gasteiger partial charge in [0.2, 0.25) is 0 Å². The minimum absolute atomic E-state index is 0.0169. The van der Waals surface area contributed by atoms with E-state index in [2.05, 4.69) is 4.98 Å². The molecule has 0 unspecified atom stereocenters. The standard InChI is InChI=1S/C16H17FN2O2/c1-10-14(16(21)19-6-2-3-13(19)9-20)7-11-4-5-12(17)8-15(11)18-10/h4-5,7-8,13,20H,2-3,6,9H2,1H3/t13-/m1/s1. The number of pyridine rings is 1. The monoisotopic (exact) mass is 288 g/mol. The van der Waals surface area contributed by atoms with Crippen molar-refractivity contribution >= 4 is 16.8 Å². The first-order valence-electron chi connectivity index (χ1n) is 7.09. The van der Waals surface area contributed by atoms with E-state index in [4.69, 9.17) is 0 Å². The minimum Gasteiger partial charge on any atom is -0.394 e. The zero-order valence-electron chi connectivity index (χ0n) is 11.8. The lowest BCUT2D eigenvalue weighted by Crippen LogP contribution is -2.38. The fourth-order valence-corrected chi connectivity index (χ4v) is 2.90. The van der Waals surface area contributed by atoms with Crippen LogP contribution in [0.2, 0.25) is 0 Å². The molecule has 2 heterocycles. The molecule has 2 aromatic rings. The summed E-state index contributed by atoms with van der Waals surface area (Å²) in [5.74, 6) is -0.448. The fourth-order valence-electron chi connectivity index (χ4n) is 2.90. The van der Waals surface area contributed by atoms with Gasteiger partial charge in [-0.3, -0.25) is 9.78 Å². The number of fused-ring (bicyclic) bond motifs is 1. The number of aromatic nitrogens is 1. The number of hydrogen-bond acceptors (Lipinski definition) is 3. The molecule has 0 aliphatic carbocycles. The summed E-state index contributed by atoms with van der Waals surface area (Å²) in [5.41, 5.74) is 1.65. The molecule has 110 valence electrons. The summed E-state index contributed by atoms with van der Waals surface area (Å²) in [6, 6.07) is 6.00. The number of halogens is 1. The maximum atomic E-state index is 13.2. The second-order valence-electron chi connectivity index (χ2n) is 5.44. The number of rotatable bonds is 2. The maximum absolute atomic E-state index is 13.2. The van der Waals surface area contributed by atoms with Crippen LogP contribution in [0.3, 0.4) is 0 Å². The molecule has 1 atom stereocenters. The zero-order valence-corrected chi connectivity index (χ0v) is 11.8. The van der Waals surface area contributed by atoms with Gasteiger partial charge < -0.3 is 10.0 Å². The number of carbonyl (C=O) groups is 1. The molecule has 1 amide bonds. The Morgan fingerprint density at radius 2 is 2.29 bits per heavy atom. The van der Waals surface area contributed by atoms with Crippen LogP contribution in [0.1, 0.15) is 28.9 Å². The first-order valence-corrected chi connectivity index (χ1v) is 7.09. The van der Waals surface area contributed by atoms with E-state index in [1.54, 1.807) is 24.0 Å². The Balaban J connectivity index is 2.01. The van der Waals surface area contributed by atoms with Crippen molar-refractivity contribution in [2.24, 2.45) is 0 Å². The molecule has 1 fully saturated rings. The first-order chi connectivity index (χ1) is 10.1. The molecule has 1 N–H and O–H groups in total. The molecular weight excluding hydrogens is 271 g/mol. The summed E-state index contributed by atoms with van der Waals surface area (Å²) in [4.78, 5) is 18.7. The largest absolute Gasteiger partial charge is 0.394 e. The predicted octanol–water partition coefficient (Wildman–Crippen LogP) is 2.28. The number of benzene rings is 1. The second kappa shape index (κ2) is 5.41. The molecule has 0 bridgehead atoms. The van der Waals surface area contributed by atoms with Crippen molar-refractivity contribution in [1.29, 1.82) is 0 Å². The minimum atomic E-state index is -0.339. The lowest BCUT2D eigenvalue weighted by atomic mass is 10.1. The summed E-state index contributed by atoms with van der Waals surface area (Å²) in [6.45, 7) is 2.39. The molecule has 0 radical (unpaired) electrons. The Morgan fingerprint density at radius 3 is 3.05 bits per heavy atom. The number of aliphatic hydroxyl groups is 1. The van der Waals surface area contributed by atoms with E-state index < -0.39 is 0 Å². The molecule has 3 rings (SSSR count). The maximum Gasteiger partial charge on any atom is 0.256 e. The third-order valence-electron chi connectivity index (χ3n) is 4.05. The topological polar surface area (TPSA) is 53.4 Å². The van der Waals surface area contributed by atoms with E-state index in [0.29, 0.717) is 23.3 Å². The number of aliphatic hydroxyl groups excluding tert-OH is 1. The highest BCUT2D eigenvalue weighted by atomic mass is 19.1. The van der Waals surface area contributed by atoms with Crippen LogP contribution < -0.4 is 0 Å². The lowest BCUT2D eigenvalue weighted by molar-refractivity contribution is 0.0676. The number of aryl methyl sites for hydroxylation is 1. The van der Waals surface area contributed by atoms with Gasteiger partial charge in [0.15, 0.2) is 0 Å². The van der Waals surface area contributed by atoms with Crippen molar-refractivity contribution in [3.05, 3.63) is 41.3 Å². The molecule has 1 saturated heterocycles. The van der Waals surface area contributed by atoms with Crippen LogP contribution in [-0.4, -0.2) is 40.1 Å². The molecule has 5 heteroatoms. The second-order valence-corrected chi connectivity index (χ2v) is 5.44. The molecule has 1 aromatic carbocycles. The molecule has 4 nitrogen and oxygen atoms in total. The summed E-state index contributed by atoms with van der Waals surface area (Å²) >= 11 is 0. The normalized spacial score (nSPS) is 18.4. The summed E-state index contributed by atoms with van der Waals surface area (Å²) in [5, 5.41) is 10.1. The Labute approximate surface area is 122 Å². The van der Waals surface area contributed by atoms with Crippen LogP contribution in [0, 0.1) is 12.7 Å². The lowest BCUT2D eigenvalue weighted by Gasteiger charge is -2.23. The summed E-state index contributed by atoms with van der Waals surface area (Å²) in [7, 11) is 0. The molecule has 1 aliphatic heterocycles. The van der Waals surface area contributed by atoms with Gasteiger partial charge >= 0.3 is 0 Å². The Hall–Kier alpha value is -2.01.